The van der Waals surface area contributed by atoms with E-state index in [1.54, 1.807) is 0 Å². The van der Waals surface area contributed by atoms with Gasteiger partial charge in [0.05, 0.1) is 6.42 Å². The summed E-state index contributed by atoms with van der Waals surface area (Å²) in [4.78, 5) is 21.9. The van der Waals surface area contributed by atoms with E-state index in [1.807, 2.05) is 0 Å². The maximum Gasteiger partial charge on any atom is 0.227 e. The van der Waals surface area contributed by atoms with E-state index < -0.39 is 0 Å². The topological polar surface area (TPSA) is 46.2 Å². The fraction of sp³-hybridized carbons (Fsp3) is 0.833. The second-order valence-corrected chi connectivity index (χ2v) is 5.42. The van der Waals surface area contributed by atoms with Crippen LogP contribution in [0.5, 0.6) is 0 Å². The molecule has 15 heavy (non-hydrogen) atoms. The van der Waals surface area contributed by atoms with Crippen LogP contribution in [0, 0.1) is 11.3 Å². The molecule has 0 aliphatic carbocycles. The van der Waals surface area contributed by atoms with Crippen molar-refractivity contribution in [2.75, 3.05) is 6.54 Å². The van der Waals surface area contributed by atoms with Crippen molar-refractivity contribution in [3.05, 3.63) is 0 Å². The average Bonchev–Trinajstić information content (AvgIpc) is 1.97. The number of rotatable bonds is 6. The van der Waals surface area contributed by atoms with Gasteiger partial charge in [-0.05, 0) is 24.7 Å². The van der Waals surface area contributed by atoms with E-state index in [-0.39, 0.29) is 23.5 Å². The highest BCUT2D eigenvalue weighted by Gasteiger charge is 2.20. The third kappa shape index (κ3) is 8.16. The lowest BCUT2D eigenvalue weighted by Gasteiger charge is -2.26. The summed E-state index contributed by atoms with van der Waals surface area (Å²) in [5.41, 5.74) is 0.0978. The number of ketones is 1. The number of amides is 1. The van der Waals surface area contributed by atoms with Crippen molar-refractivity contribution >= 4 is 11.7 Å². The standard InChI is InChI=1S/C12H23NO2/c1-9(2)7-12(4,5)8-13-11(15)6-10(3)14/h9H,6-8H2,1-5H3,(H,13,15). The van der Waals surface area contributed by atoms with Gasteiger partial charge in [0.25, 0.3) is 0 Å². The smallest absolute Gasteiger partial charge is 0.227 e. The molecular weight excluding hydrogens is 190 g/mol. The quantitative estimate of drug-likeness (QED) is 0.687. The molecule has 3 nitrogen and oxygen atoms in total. The molecule has 0 unspecified atom stereocenters. The Morgan fingerprint density at radius 1 is 1.27 bits per heavy atom. The minimum absolute atomic E-state index is 0.00222. The Labute approximate surface area is 92.6 Å². The van der Waals surface area contributed by atoms with Crippen molar-refractivity contribution in [3.63, 3.8) is 0 Å². The molecule has 88 valence electrons. The van der Waals surface area contributed by atoms with E-state index in [1.165, 1.54) is 6.92 Å². The Morgan fingerprint density at radius 3 is 2.20 bits per heavy atom. The average molecular weight is 213 g/mol. The van der Waals surface area contributed by atoms with Gasteiger partial charge in [-0.2, -0.15) is 0 Å². The van der Waals surface area contributed by atoms with Crippen LogP contribution in [0.25, 0.3) is 0 Å². The number of carbonyl (C=O) groups is 2. The van der Waals surface area contributed by atoms with Crippen LogP contribution in [0.2, 0.25) is 0 Å². The van der Waals surface area contributed by atoms with Crippen molar-refractivity contribution in [2.45, 2.75) is 47.5 Å². The summed E-state index contributed by atoms with van der Waals surface area (Å²) < 4.78 is 0. The lowest BCUT2D eigenvalue weighted by molar-refractivity contribution is -0.127. The van der Waals surface area contributed by atoms with Crippen molar-refractivity contribution in [2.24, 2.45) is 11.3 Å². The molecule has 0 aliphatic heterocycles. The van der Waals surface area contributed by atoms with Gasteiger partial charge in [0.15, 0.2) is 0 Å². The maximum absolute atomic E-state index is 11.3. The van der Waals surface area contributed by atoms with Gasteiger partial charge < -0.3 is 5.32 Å². The van der Waals surface area contributed by atoms with Gasteiger partial charge in [-0.25, -0.2) is 0 Å². The first kappa shape index (κ1) is 14.1. The van der Waals surface area contributed by atoms with Crippen molar-refractivity contribution < 1.29 is 9.59 Å². The summed E-state index contributed by atoms with van der Waals surface area (Å²) in [5, 5.41) is 2.80. The van der Waals surface area contributed by atoms with Gasteiger partial charge in [-0.15, -0.1) is 0 Å². The molecule has 0 aliphatic rings. The van der Waals surface area contributed by atoms with Crippen LogP contribution in [0.1, 0.15) is 47.5 Å². The highest BCUT2D eigenvalue weighted by molar-refractivity contribution is 5.96. The van der Waals surface area contributed by atoms with Gasteiger partial charge in [0.2, 0.25) is 5.91 Å². The molecule has 1 N–H and O–H groups in total. The molecular formula is C12H23NO2. The SMILES string of the molecule is CC(=O)CC(=O)NCC(C)(C)CC(C)C. The number of hydrogen-bond acceptors (Lipinski definition) is 2. The van der Waals surface area contributed by atoms with E-state index in [0.717, 1.165) is 6.42 Å². The zero-order valence-corrected chi connectivity index (χ0v) is 10.5. The summed E-state index contributed by atoms with van der Waals surface area (Å²) in [7, 11) is 0. The van der Waals surface area contributed by atoms with Crippen molar-refractivity contribution in [1.82, 2.24) is 5.32 Å². The van der Waals surface area contributed by atoms with E-state index in [4.69, 9.17) is 0 Å². The van der Waals surface area contributed by atoms with Gasteiger partial charge in [0.1, 0.15) is 5.78 Å². The zero-order valence-electron chi connectivity index (χ0n) is 10.5. The van der Waals surface area contributed by atoms with Crippen LogP contribution in [-0.2, 0) is 9.59 Å². The van der Waals surface area contributed by atoms with Gasteiger partial charge in [-0.1, -0.05) is 27.7 Å². The molecule has 1 amide bonds. The summed E-state index contributed by atoms with van der Waals surface area (Å²) in [5.74, 6) is 0.359. The molecule has 0 aromatic heterocycles. The second-order valence-electron chi connectivity index (χ2n) is 5.42. The Morgan fingerprint density at radius 2 is 1.80 bits per heavy atom. The predicted octanol–water partition coefficient (Wildman–Crippen LogP) is 2.15. The number of Topliss-reactive ketones (excluding diaryl/α,β-unsaturated/α-hetero) is 1. The van der Waals surface area contributed by atoms with E-state index in [0.29, 0.717) is 12.5 Å². The minimum Gasteiger partial charge on any atom is -0.355 e. The zero-order chi connectivity index (χ0) is 12.1. The molecule has 0 fully saturated rings. The highest BCUT2D eigenvalue weighted by Crippen LogP contribution is 2.23. The first-order valence-corrected chi connectivity index (χ1v) is 5.49. The Kier molecular flexibility index (Phi) is 5.55. The third-order valence-electron chi connectivity index (χ3n) is 2.13. The predicted molar refractivity (Wildman–Crippen MR) is 61.5 cm³/mol. The fourth-order valence-corrected chi connectivity index (χ4v) is 1.80. The Balaban J connectivity index is 3.92. The first-order valence-electron chi connectivity index (χ1n) is 5.49. The fourth-order valence-electron chi connectivity index (χ4n) is 1.80. The largest absolute Gasteiger partial charge is 0.355 e. The summed E-state index contributed by atoms with van der Waals surface area (Å²) in [6.07, 6.45) is 1.06. The normalized spacial score (nSPS) is 11.6. The Hall–Kier alpha value is -0.860. The van der Waals surface area contributed by atoms with Gasteiger partial charge in [0, 0.05) is 6.54 Å². The van der Waals surface area contributed by atoms with Crippen LogP contribution in [-0.4, -0.2) is 18.2 Å². The van der Waals surface area contributed by atoms with Crippen molar-refractivity contribution in [3.8, 4) is 0 Å². The van der Waals surface area contributed by atoms with Crippen LogP contribution >= 0.6 is 0 Å². The summed E-state index contributed by atoms with van der Waals surface area (Å²) in [6.45, 7) is 10.6. The Bertz CT molecular complexity index is 232. The molecule has 0 saturated heterocycles. The first-order chi connectivity index (χ1) is 6.73. The second kappa shape index (κ2) is 5.89. The minimum atomic E-state index is -0.167. The highest BCUT2D eigenvalue weighted by atomic mass is 16.2. The molecule has 0 rings (SSSR count). The molecule has 3 heteroatoms. The molecule has 0 saturated carbocycles. The molecule has 0 aromatic carbocycles. The summed E-state index contributed by atoms with van der Waals surface area (Å²) >= 11 is 0. The maximum atomic E-state index is 11.3. The van der Waals surface area contributed by atoms with Crippen LogP contribution < -0.4 is 5.32 Å². The summed E-state index contributed by atoms with van der Waals surface area (Å²) in [6, 6.07) is 0. The molecule has 0 radical (unpaired) electrons. The van der Waals surface area contributed by atoms with Crippen LogP contribution in [0.3, 0.4) is 0 Å². The van der Waals surface area contributed by atoms with Crippen molar-refractivity contribution in [1.29, 1.82) is 0 Å². The van der Waals surface area contributed by atoms with Gasteiger partial charge in [-0.3, -0.25) is 9.59 Å². The van der Waals surface area contributed by atoms with E-state index in [9.17, 15) is 9.59 Å². The molecule has 0 spiro atoms. The molecule has 0 bridgehead atoms. The number of carbonyl (C=O) groups excluding carboxylic acids is 2. The molecule has 0 atom stereocenters. The van der Waals surface area contributed by atoms with Crippen LogP contribution in [0.15, 0.2) is 0 Å². The molecule has 0 aromatic rings. The van der Waals surface area contributed by atoms with E-state index in [2.05, 4.69) is 33.0 Å². The lowest BCUT2D eigenvalue weighted by atomic mass is 9.84. The number of nitrogens with one attached hydrogen (secondary N) is 1. The van der Waals surface area contributed by atoms with Crippen LogP contribution in [0.4, 0.5) is 0 Å². The van der Waals surface area contributed by atoms with E-state index >= 15 is 0 Å². The third-order valence-corrected chi connectivity index (χ3v) is 2.13. The molecule has 0 heterocycles. The number of hydrogen-bond donors (Lipinski definition) is 1. The monoisotopic (exact) mass is 213 g/mol. The van der Waals surface area contributed by atoms with Gasteiger partial charge >= 0.3 is 0 Å². The lowest BCUT2D eigenvalue weighted by Crippen LogP contribution is -2.35.